The van der Waals surface area contributed by atoms with Crippen molar-refractivity contribution in [1.29, 1.82) is 0 Å². The number of halogens is 4. The maximum absolute atomic E-state index is 12.1. The van der Waals surface area contributed by atoms with Gasteiger partial charge >= 0.3 is 15.6 Å². The number of benzene rings is 1. The minimum absolute atomic E-state index is 0.0974. The average Bonchev–Trinajstić information content (AvgIpc) is 2.27. The van der Waals surface area contributed by atoms with E-state index in [2.05, 4.69) is 20.1 Å². The molecule has 18 heavy (non-hydrogen) atoms. The maximum atomic E-state index is 12.1. The molecule has 102 valence electrons. The van der Waals surface area contributed by atoms with E-state index < -0.39 is 21.4 Å². The van der Waals surface area contributed by atoms with Crippen LogP contribution in [0.3, 0.4) is 0 Å². The standard InChI is InChI=1S/C9H8BrF3O4S/c1-16-8-4-6(5-10)2-3-7(8)17-18(14,15)9(11,12)13/h2-4H,5H2,1H3. The highest BCUT2D eigenvalue weighted by Gasteiger charge is 2.48. The van der Waals surface area contributed by atoms with Crippen LogP contribution in [-0.4, -0.2) is 21.0 Å². The third-order valence-corrected chi connectivity index (χ3v) is 3.48. The average molecular weight is 349 g/mol. The summed E-state index contributed by atoms with van der Waals surface area (Å²) < 4.78 is 66.8. The van der Waals surface area contributed by atoms with Gasteiger partial charge in [-0.05, 0) is 17.7 Å². The largest absolute Gasteiger partial charge is 0.534 e. The Hall–Kier alpha value is -0.960. The molecule has 0 heterocycles. The van der Waals surface area contributed by atoms with Crippen molar-refractivity contribution < 1.29 is 30.5 Å². The van der Waals surface area contributed by atoms with Crippen LogP contribution in [0.4, 0.5) is 13.2 Å². The minimum atomic E-state index is -5.69. The smallest absolute Gasteiger partial charge is 0.493 e. The van der Waals surface area contributed by atoms with Crippen LogP contribution in [0.2, 0.25) is 0 Å². The van der Waals surface area contributed by atoms with Crippen molar-refractivity contribution in [3.63, 3.8) is 0 Å². The Balaban J connectivity index is 3.13. The van der Waals surface area contributed by atoms with Gasteiger partial charge < -0.3 is 8.92 Å². The molecule has 0 bridgehead atoms. The molecule has 1 aromatic rings. The van der Waals surface area contributed by atoms with Gasteiger partial charge in [0.15, 0.2) is 11.5 Å². The summed E-state index contributed by atoms with van der Waals surface area (Å²) in [6, 6.07) is 3.88. The molecule has 0 unspecified atom stereocenters. The Morgan fingerprint density at radius 1 is 1.28 bits per heavy atom. The number of alkyl halides is 4. The van der Waals surface area contributed by atoms with Crippen LogP contribution >= 0.6 is 15.9 Å². The predicted molar refractivity (Wildman–Crippen MR) is 61.2 cm³/mol. The lowest BCUT2D eigenvalue weighted by Crippen LogP contribution is -2.28. The summed E-state index contributed by atoms with van der Waals surface area (Å²) in [4.78, 5) is 0. The number of rotatable bonds is 4. The monoisotopic (exact) mass is 348 g/mol. The van der Waals surface area contributed by atoms with Crippen molar-refractivity contribution in [2.24, 2.45) is 0 Å². The second kappa shape index (κ2) is 5.35. The molecule has 0 N–H and O–H groups in total. The first-order valence-electron chi connectivity index (χ1n) is 4.45. The van der Waals surface area contributed by atoms with E-state index in [1.807, 2.05) is 0 Å². The molecular weight excluding hydrogens is 341 g/mol. The third kappa shape index (κ3) is 3.29. The summed E-state index contributed by atoms with van der Waals surface area (Å²) in [5, 5.41) is 0.440. The van der Waals surface area contributed by atoms with E-state index in [-0.39, 0.29) is 5.75 Å². The maximum Gasteiger partial charge on any atom is 0.534 e. The minimum Gasteiger partial charge on any atom is -0.493 e. The summed E-state index contributed by atoms with van der Waals surface area (Å²) in [6.45, 7) is 0. The highest BCUT2D eigenvalue weighted by molar-refractivity contribution is 9.08. The quantitative estimate of drug-likeness (QED) is 0.477. The molecule has 1 aromatic carbocycles. The first-order chi connectivity index (χ1) is 8.21. The summed E-state index contributed by atoms with van der Waals surface area (Å²) in [7, 11) is -4.50. The number of methoxy groups -OCH3 is 1. The molecule has 0 aromatic heterocycles. The summed E-state index contributed by atoms with van der Waals surface area (Å²) in [5.41, 5.74) is -4.78. The Bertz CT molecular complexity index is 527. The Kier molecular flexibility index (Phi) is 4.49. The predicted octanol–water partition coefficient (Wildman–Crippen LogP) is 2.82. The van der Waals surface area contributed by atoms with Crippen LogP contribution in [-0.2, 0) is 15.4 Å². The van der Waals surface area contributed by atoms with Gasteiger partial charge in [-0.3, -0.25) is 0 Å². The fourth-order valence-electron chi connectivity index (χ4n) is 1.03. The summed E-state index contributed by atoms with van der Waals surface area (Å²) in [5.74, 6) is -0.612. The molecule has 0 spiro atoms. The first kappa shape index (κ1) is 15.1. The van der Waals surface area contributed by atoms with E-state index in [9.17, 15) is 21.6 Å². The number of hydrogen-bond acceptors (Lipinski definition) is 4. The van der Waals surface area contributed by atoms with E-state index in [0.29, 0.717) is 10.9 Å². The van der Waals surface area contributed by atoms with Gasteiger partial charge in [0.1, 0.15) is 0 Å². The normalized spacial score (nSPS) is 12.3. The van der Waals surface area contributed by atoms with Gasteiger partial charge in [0.2, 0.25) is 0 Å². The van der Waals surface area contributed by atoms with Crippen LogP contribution < -0.4 is 8.92 Å². The van der Waals surface area contributed by atoms with Gasteiger partial charge in [0, 0.05) is 5.33 Å². The molecule has 0 saturated heterocycles. The zero-order chi connectivity index (χ0) is 14.0. The van der Waals surface area contributed by atoms with Gasteiger partial charge in [-0.15, -0.1) is 0 Å². The van der Waals surface area contributed by atoms with Crippen molar-refractivity contribution in [3.8, 4) is 11.5 Å². The highest BCUT2D eigenvalue weighted by Crippen LogP contribution is 2.33. The van der Waals surface area contributed by atoms with E-state index in [4.69, 9.17) is 4.74 Å². The Morgan fingerprint density at radius 2 is 1.89 bits per heavy atom. The van der Waals surface area contributed by atoms with Crippen LogP contribution in [0, 0.1) is 0 Å². The summed E-state index contributed by atoms with van der Waals surface area (Å²) in [6.07, 6.45) is 0. The molecule has 1 rings (SSSR count). The van der Waals surface area contributed by atoms with Crippen molar-refractivity contribution in [3.05, 3.63) is 23.8 Å². The van der Waals surface area contributed by atoms with E-state index in [1.54, 1.807) is 0 Å². The van der Waals surface area contributed by atoms with Crippen LogP contribution in [0.5, 0.6) is 11.5 Å². The van der Waals surface area contributed by atoms with Crippen molar-refractivity contribution >= 4 is 26.0 Å². The topological polar surface area (TPSA) is 52.6 Å². The zero-order valence-electron chi connectivity index (χ0n) is 8.99. The fourth-order valence-corrected chi connectivity index (χ4v) is 1.85. The molecule has 0 aliphatic rings. The molecule has 0 aliphatic carbocycles. The van der Waals surface area contributed by atoms with Gasteiger partial charge in [0.05, 0.1) is 7.11 Å². The Morgan fingerprint density at radius 3 is 2.33 bits per heavy atom. The van der Waals surface area contributed by atoms with Crippen LogP contribution in [0.15, 0.2) is 18.2 Å². The lowest BCUT2D eigenvalue weighted by molar-refractivity contribution is -0.0500. The van der Waals surface area contributed by atoms with Crippen molar-refractivity contribution in [1.82, 2.24) is 0 Å². The molecule has 0 radical (unpaired) electrons. The molecule has 0 atom stereocenters. The second-order valence-electron chi connectivity index (χ2n) is 3.10. The molecular formula is C9H8BrF3O4S. The summed E-state index contributed by atoms with van der Waals surface area (Å²) >= 11 is 3.14. The lowest BCUT2D eigenvalue weighted by atomic mass is 10.2. The molecule has 4 nitrogen and oxygen atoms in total. The number of hydrogen-bond donors (Lipinski definition) is 0. The molecule has 0 amide bonds. The number of ether oxygens (including phenoxy) is 1. The van der Waals surface area contributed by atoms with E-state index in [0.717, 1.165) is 6.07 Å². The van der Waals surface area contributed by atoms with Gasteiger partial charge in [0.25, 0.3) is 0 Å². The van der Waals surface area contributed by atoms with Gasteiger partial charge in [-0.25, -0.2) is 0 Å². The zero-order valence-corrected chi connectivity index (χ0v) is 11.4. The molecule has 0 saturated carbocycles. The molecule has 0 aliphatic heterocycles. The van der Waals surface area contributed by atoms with Crippen LogP contribution in [0.25, 0.3) is 0 Å². The van der Waals surface area contributed by atoms with E-state index >= 15 is 0 Å². The van der Waals surface area contributed by atoms with Crippen molar-refractivity contribution in [2.75, 3.05) is 7.11 Å². The lowest BCUT2D eigenvalue weighted by Gasteiger charge is -2.12. The van der Waals surface area contributed by atoms with Gasteiger partial charge in [-0.2, -0.15) is 21.6 Å². The molecule has 0 fully saturated rings. The second-order valence-corrected chi connectivity index (χ2v) is 5.20. The first-order valence-corrected chi connectivity index (χ1v) is 6.98. The SMILES string of the molecule is COc1cc(CBr)ccc1OS(=O)(=O)C(F)(F)F. The van der Waals surface area contributed by atoms with Crippen molar-refractivity contribution in [2.45, 2.75) is 10.8 Å². The van der Waals surface area contributed by atoms with Crippen LogP contribution in [0.1, 0.15) is 5.56 Å². The van der Waals surface area contributed by atoms with E-state index in [1.165, 1.54) is 19.2 Å². The molecule has 9 heteroatoms. The van der Waals surface area contributed by atoms with Gasteiger partial charge in [-0.1, -0.05) is 22.0 Å². The fraction of sp³-hybridized carbons (Fsp3) is 0.333. The highest BCUT2D eigenvalue weighted by atomic mass is 79.9. The third-order valence-electron chi connectivity index (χ3n) is 1.87. The Labute approximate surface area is 110 Å².